The van der Waals surface area contributed by atoms with Crippen LogP contribution in [0.5, 0.6) is 0 Å². The maximum absolute atomic E-state index is 10.9. The predicted molar refractivity (Wildman–Crippen MR) is 54.6 cm³/mol. The summed E-state index contributed by atoms with van der Waals surface area (Å²) in [5.41, 5.74) is -0.0493. The summed E-state index contributed by atoms with van der Waals surface area (Å²) in [7, 11) is 1.28. The van der Waals surface area contributed by atoms with Crippen molar-refractivity contribution in [2.24, 2.45) is 5.41 Å². The molecule has 4 heteroatoms. The highest BCUT2D eigenvalue weighted by Crippen LogP contribution is 2.32. The fourth-order valence-corrected chi connectivity index (χ4v) is 0.944. The molecule has 3 nitrogen and oxygen atoms in total. The van der Waals surface area contributed by atoms with E-state index in [1.54, 1.807) is 0 Å². The lowest BCUT2D eigenvalue weighted by atomic mass is 9.92. The van der Waals surface area contributed by atoms with Crippen molar-refractivity contribution in [2.45, 2.75) is 27.2 Å². The zero-order chi connectivity index (χ0) is 11.4. The first-order valence-electron chi connectivity index (χ1n) is 4.19. The molecule has 0 unspecified atom stereocenters. The van der Waals surface area contributed by atoms with Crippen molar-refractivity contribution in [1.82, 2.24) is 0 Å². The quantitative estimate of drug-likeness (QED) is 0.526. The van der Waals surface area contributed by atoms with E-state index < -0.39 is 5.97 Å². The molecule has 0 saturated heterocycles. The number of esters is 1. The molecule has 0 aliphatic carbocycles. The second kappa shape index (κ2) is 5.02. The highest BCUT2D eigenvalue weighted by molar-refractivity contribution is 6.31. The third-order valence-corrected chi connectivity index (χ3v) is 2.40. The van der Waals surface area contributed by atoms with E-state index in [0.29, 0.717) is 5.03 Å². The topological polar surface area (TPSA) is 50.1 Å². The average molecular weight is 216 g/mol. The number of rotatable bonds is 2. The Bertz CT molecular complexity index is 294. The van der Waals surface area contributed by atoms with Crippen LogP contribution in [0.15, 0.2) is 10.6 Å². The van der Waals surface area contributed by atoms with Gasteiger partial charge >= 0.3 is 5.97 Å². The minimum absolute atomic E-state index is 0.0664. The van der Waals surface area contributed by atoms with E-state index in [1.165, 1.54) is 7.11 Å². The Morgan fingerprint density at radius 3 is 2.29 bits per heavy atom. The van der Waals surface area contributed by atoms with E-state index in [4.69, 9.17) is 16.9 Å². The van der Waals surface area contributed by atoms with Gasteiger partial charge in [-0.05, 0) is 5.41 Å². The largest absolute Gasteiger partial charge is 0.469 e. The minimum atomic E-state index is -0.455. The predicted octanol–water partition coefficient (Wildman–Crippen LogP) is 2.61. The summed E-state index contributed by atoms with van der Waals surface area (Å²) in [5.74, 6) is -0.455. The number of ether oxygens (including phenoxy) is 1. The van der Waals surface area contributed by atoms with Gasteiger partial charge in [-0.15, -0.1) is 0 Å². The molecule has 14 heavy (non-hydrogen) atoms. The van der Waals surface area contributed by atoms with Crippen LogP contribution in [0.1, 0.15) is 27.2 Å². The van der Waals surface area contributed by atoms with Crippen LogP contribution in [-0.2, 0) is 9.53 Å². The van der Waals surface area contributed by atoms with Crippen molar-refractivity contribution < 1.29 is 9.53 Å². The van der Waals surface area contributed by atoms with Crippen LogP contribution >= 0.6 is 11.6 Å². The Morgan fingerprint density at radius 2 is 2.00 bits per heavy atom. The number of hydrogen-bond acceptors (Lipinski definition) is 3. The van der Waals surface area contributed by atoms with E-state index in [1.807, 2.05) is 26.8 Å². The smallest absolute Gasteiger partial charge is 0.310 e. The first kappa shape index (κ1) is 13.0. The zero-order valence-electron chi connectivity index (χ0n) is 8.85. The molecule has 0 aromatic rings. The van der Waals surface area contributed by atoms with E-state index >= 15 is 0 Å². The van der Waals surface area contributed by atoms with Gasteiger partial charge in [0.1, 0.15) is 0 Å². The standard InChI is InChI=1S/C10H14ClNO2/c1-10(2,3)9(11)7(6-12)5-8(13)14-4/h5H2,1-4H3/b9-7+. The molecule has 0 bridgehead atoms. The van der Waals surface area contributed by atoms with Gasteiger partial charge in [0.25, 0.3) is 0 Å². The zero-order valence-corrected chi connectivity index (χ0v) is 9.60. The maximum atomic E-state index is 10.9. The van der Waals surface area contributed by atoms with Crippen LogP contribution < -0.4 is 0 Å². The summed E-state index contributed by atoms with van der Waals surface area (Å²) in [6.45, 7) is 5.64. The van der Waals surface area contributed by atoms with Crippen LogP contribution in [0.3, 0.4) is 0 Å². The van der Waals surface area contributed by atoms with Gasteiger partial charge in [-0.25, -0.2) is 0 Å². The lowest BCUT2D eigenvalue weighted by Crippen LogP contribution is -2.10. The molecular formula is C10H14ClNO2. The lowest BCUT2D eigenvalue weighted by molar-refractivity contribution is -0.139. The van der Waals surface area contributed by atoms with Crippen LogP contribution in [0, 0.1) is 16.7 Å². The average Bonchev–Trinajstić information content (AvgIpc) is 2.11. The minimum Gasteiger partial charge on any atom is -0.469 e. The van der Waals surface area contributed by atoms with Gasteiger partial charge in [-0.1, -0.05) is 32.4 Å². The molecule has 0 fully saturated rings. The molecule has 0 radical (unpaired) electrons. The Hall–Kier alpha value is -1.01. The van der Waals surface area contributed by atoms with Gasteiger partial charge in [0, 0.05) is 5.03 Å². The Kier molecular flexibility index (Phi) is 4.65. The molecule has 0 aromatic heterocycles. The normalized spacial score (nSPS) is 12.9. The fourth-order valence-electron chi connectivity index (χ4n) is 0.835. The Labute approximate surface area is 89.3 Å². The van der Waals surface area contributed by atoms with Crippen molar-refractivity contribution in [3.8, 4) is 6.07 Å². The highest BCUT2D eigenvalue weighted by atomic mass is 35.5. The number of nitriles is 1. The van der Waals surface area contributed by atoms with Gasteiger partial charge in [-0.2, -0.15) is 5.26 Å². The third kappa shape index (κ3) is 3.80. The van der Waals surface area contributed by atoms with Crippen molar-refractivity contribution in [2.75, 3.05) is 7.11 Å². The van der Waals surface area contributed by atoms with Gasteiger partial charge in [0.2, 0.25) is 0 Å². The molecule has 0 rings (SSSR count). The number of methoxy groups -OCH3 is 1. The van der Waals surface area contributed by atoms with Gasteiger partial charge < -0.3 is 4.74 Å². The number of carbonyl (C=O) groups excluding carboxylic acids is 1. The molecule has 0 aliphatic heterocycles. The van der Waals surface area contributed by atoms with Crippen LogP contribution in [0.2, 0.25) is 0 Å². The summed E-state index contributed by atoms with van der Waals surface area (Å²) in [6.07, 6.45) is -0.0664. The number of hydrogen-bond donors (Lipinski definition) is 0. The van der Waals surface area contributed by atoms with Crippen LogP contribution in [0.4, 0.5) is 0 Å². The lowest BCUT2D eigenvalue weighted by Gasteiger charge is -2.18. The highest BCUT2D eigenvalue weighted by Gasteiger charge is 2.21. The van der Waals surface area contributed by atoms with Gasteiger partial charge in [0.15, 0.2) is 0 Å². The Morgan fingerprint density at radius 1 is 1.50 bits per heavy atom. The molecule has 0 saturated carbocycles. The fraction of sp³-hybridized carbons (Fsp3) is 0.600. The van der Waals surface area contributed by atoms with Crippen LogP contribution in [-0.4, -0.2) is 13.1 Å². The van der Waals surface area contributed by atoms with E-state index in [2.05, 4.69) is 4.74 Å². The molecule has 0 heterocycles. The van der Waals surface area contributed by atoms with E-state index in [0.717, 1.165) is 0 Å². The molecule has 0 atom stereocenters. The molecule has 0 aromatic carbocycles. The first-order chi connectivity index (χ1) is 6.32. The molecule has 0 spiro atoms. The number of carbonyl (C=O) groups is 1. The molecule has 0 N–H and O–H groups in total. The Balaban J connectivity index is 4.90. The van der Waals surface area contributed by atoms with Gasteiger partial charge in [-0.3, -0.25) is 4.79 Å². The van der Waals surface area contributed by atoms with E-state index in [9.17, 15) is 4.79 Å². The third-order valence-electron chi connectivity index (χ3n) is 1.61. The summed E-state index contributed by atoms with van der Waals surface area (Å²) in [6, 6.07) is 1.92. The van der Waals surface area contributed by atoms with Crippen LogP contribution in [0.25, 0.3) is 0 Å². The second-order valence-electron chi connectivity index (χ2n) is 3.91. The summed E-state index contributed by atoms with van der Waals surface area (Å²) < 4.78 is 4.46. The van der Waals surface area contributed by atoms with Crippen molar-refractivity contribution >= 4 is 17.6 Å². The number of halogens is 1. The SMILES string of the molecule is COC(=O)C/C(C#N)=C(\Cl)C(C)(C)C. The van der Waals surface area contributed by atoms with Crippen molar-refractivity contribution in [3.63, 3.8) is 0 Å². The first-order valence-corrected chi connectivity index (χ1v) is 4.56. The molecule has 78 valence electrons. The second-order valence-corrected chi connectivity index (χ2v) is 4.29. The molecular weight excluding hydrogens is 202 g/mol. The number of nitrogens with zero attached hydrogens (tertiary/aromatic N) is 1. The van der Waals surface area contributed by atoms with Gasteiger partial charge in [0.05, 0.1) is 25.2 Å². The summed E-state index contributed by atoms with van der Waals surface area (Å²) in [4.78, 5) is 10.9. The number of allylic oxidation sites excluding steroid dienone is 1. The summed E-state index contributed by atoms with van der Waals surface area (Å²) in [5, 5.41) is 9.21. The maximum Gasteiger partial charge on any atom is 0.310 e. The summed E-state index contributed by atoms with van der Waals surface area (Å²) >= 11 is 5.97. The monoisotopic (exact) mass is 215 g/mol. The molecule has 0 amide bonds. The molecule has 0 aliphatic rings. The van der Waals surface area contributed by atoms with Crippen molar-refractivity contribution in [3.05, 3.63) is 10.6 Å². The van der Waals surface area contributed by atoms with Crippen molar-refractivity contribution in [1.29, 1.82) is 5.26 Å². The van der Waals surface area contributed by atoms with E-state index in [-0.39, 0.29) is 17.4 Å².